The van der Waals surface area contributed by atoms with Crippen molar-refractivity contribution in [1.29, 1.82) is 0 Å². The van der Waals surface area contributed by atoms with Gasteiger partial charge in [0.1, 0.15) is 12.1 Å². The maximum absolute atomic E-state index is 13.4. The zero-order valence-electron chi connectivity index (χ0n) is 20.7. The molecule has 1 unspecified atom stereocenters. The van der Waals surface area contributed by atoms with Crippen molar-refractivity contribution in [3.63, 3.8) is 0 Å². The number of nitrogens with one attached hydrogen (secondary N) is 1. The van der Waals surface area contributed by atoms with Crippen LogP contribution in [0.25, 0.3) is 11.2 Å². The molecule has 0 radical (unpaired) electrons. The molecule has 1 atom stereocenters. The van der Waals surface area contributed by atoms with Crippen LogP contribution < -0.4 is 16.0 Å². The van der Waals surface area contributed by atoms with Crippen LogP contribution in [0.2, 0.25) is 0 Å². The summed E-state index contributed by atoms with van der Waals surface area (Å²) in [5, 5.41) is 0. The number of carbonyl (C=O) groups is 1. The molecule has 0 amide bonds. The average molecular weight is 542 g/mol. The Hall–Kier alpha value is -3.83. The predicted octanol–water partition coefficient (Wildman–Crippen LogP) is 3.41. The molecule has 0 bridgehead atoms. The Labute approximate surface area is 218 Å². The Morgan fingerprint density at radius 2 is 1.84 bits per heavy atom. The van der Waals surface area contributed by atoms with Crippen molar-refractivity contribution < 1.29 is 27.9 Å². The van der Waals surface area contributed by atoms with Gasteiger partial charge in [-0.15, -0.1) is 0 Å². The van der Waals surface area contributed by atoms with Gasteiger partial charge in [-0.3, -0.25) is 19.1 Å². The molecule has 13 heteroatoms. The van der Waals surface area contributed by atoms with E-state index >= 15 is 0 Å². The summed E-state index contributed by atoms with van der Waals surface area (Å²) in [6, 6.07) is 16.2. The lowest BCUT2D eigenvalue weighted by molar-refractivity contribution is -0.134. The third-order valence-corrected chi connectivity index (χ3v) is 6.93. The highest BCUT2D eigenvalue weighted by atomic mass is 31.2. The normalized spacial score (nSPS) is 12.9. The van der Waals surface area contributed by atoms with Crippen LogP contribution in [0.1, 0.15) is 17.5 Å². The molecule has 0 aliphatic rings. The van der Waals surface area contributed by atoms with E-state index in [9.17, 15) is 14.2 Å². The Morgan fingerprint density at radius 3 is 2.61 bits per heavy atom. The van der Waals surface area contributed by atoms with E-state index in [0.717, 1.165) is 11.1 Å². The van der Waals surface area contributed by atoms with Gasteiger partial charge >= 0.3 is 13.6 Å². The Morgan fingerprint density at radius 1 is 1.08 bits per heavy atom. The summed E-state index contributed by atoms with van der Waals surface area (Å²) in [4.78, 5) is 34.7. The number of imidazole rings is 1. The first-order valence-corrected chi connectivity index (χ1v) is 13.5. The smallest absolute Gasteiger partial charge is 0.356 e. The molecule has 2 aromatic carbocycles. The predicted molar refractivity (Wildman–Crippen MR) is 140 cm³/mol. The van der Waals surface area contributed by atoms with Crippen LogP contribution in [0.4, 0.5) is 5.95 Å². The lowest BCUT2D eigenvalue weighted by Gasteiger charge is -2.19. The largest absolute Gasteiger partial charge is 0.426 e. The number of nitrogens with two attached hydrogens (primary N) is 1. The molecule has 0 aliphatic heterocycles. The van der Waals surface area contributed by atoms with E-state index in [1.165, 1.54) is 6.33 Å². The molecule has 0 aliphatic carbocycles. The first kappa shape index (κ1) is 27.2. The Balaban J connectivity index is 1.32. The van der Waals surface area contributed by atoms with Gasteiger partial charge in [0.05, 0.1) is 32.6 Å². The van der Waals surface area contributed by atoms with Gasteiger partial charge in [0, 0.05) is 6.54 Å². The van der Waals surface area contributed by atoms with E-state index in [-0.39, 0.29) is 50.6 Å². The van der Waals surface area contributed by atoms with E-state index < -0.39 is 19.1 Å². The quantitative estimate of drug-likeness (QED) is 0.111. The Bertz CT molecular complexity index is 1470. The van der Waals surface area contributed by atoms with E-state index in [4.69, 9.17) is 24.3 Å². The second kappa shape index (κ2) is 12.6. The van der Waals surface area contributed by atoms with Gasteiger partial charge in [-0.25, -0.2) is 4.98 Å². The number of esters is 1. The minimum Gasteiger partial charge on any atom is -0.426 e. The van der Waals surface area contributed by atoms with Crippen molar-refractivity contribution in [2.45, 2.75) is 26.5 Å². The first-order valence-electron chi connectivity index (χ1n) is 11.8. The number of fused-ring (bicyclic) bond motifs is 1. The zero-order chi connectivity index (χ0) is 27.0. The first-order chi connectivity index (χ1) is 18.3. The lowest BCUT2D eigenvalue weighted by atomic mass is 10.2. The summed E-state index contributed by atoms with van der Waals surface area (Å²) in [5.74, 6) is -0.144. The van der Waals surface area contributed by atoms with Gasteiger partial charge in [0.25, 0.3) is 5.56 Å². The van der Waals surface area contributed by atoms with E-state index in [1.54, 1.807) is 16.7 Å². The van der Waals surface area contributed by atoms with E-state index in [2.05, 4.69) is 15.0 Å². The van der Waals surface area contributed by atoms with Gasteiger partial charge in [0.15, 0.2) is 11.2 Å². The molecule has 4 aromatic rings. The number of hydrogen-bond donors (Lipinski definition) is 2. The second-order valence-corrected chi connectivity index (χ2v) is 10.3. The van der Waals surface area contributed by atoms with Crippen molar-refractivity contribution >= 4 is 30.7 Å². The van der Waals surface area contributed by atoms with Gasteiger partial charge in [-0.05, 0) is 24.6 Å². The SMILES string of the molecule is Cc1ccc(OC(=O)CCOP(=O)(COCCn2cnc3c(=O)[nH]c(N)nc32)OCc2ccccc2)cc1. The standard InChI is InChI=1S/C25H28N5O7P/c1-18-7-9-20(10-8-18)37-21(31)11-13-35-38(33,36-15-19-5-3-2-4-6-19)17-34-14-12-30-16-27-22-23(30)28-25(26)29-24(22)32/h2-10,16H,11-15,17H2,1H3,(H3,26,28,29,32). The summed E-state index contributed by atoms with van der Waals surface area (Å²) in [5.41, 5.74) is 7.48. The summed E-state index contributed by atoms with van der Waals surface area (Å²) in [6.45, 7) is 2.14. The van der Waals surface area contributed by atoms with Crippen LogP contribution in [0.3, 0.4) is 0 Å². The van der Waals surface area contributed by atoms with Crippen LogP contribution in [-0.2, 0) is 36.3 Å². The molecular weight excluding hydrogens is 513 g/mol. The number of nitrogens with zero attached hydrogens (tertiary/aromatic N) is 3. The number of aryl methyl sites for hydroxylation is 1. The van der Waals surface area contributed by atoms with Gasteiger partial charge in [0.2, 0.25) is 5.95 Å². The average Bonchev–Trinajstić information content (AvgIpc) is 3.30. The number of aromatic nitrogens is 4. The lowest BCUT2D eigenvalue weighted by Crippen LogP contribution is -2.14. The third-order valence-electron chi connectivity index (χ3n) is 5.34. The number of carbonyl (C=O) groups excluding carboxylic acids is 1. The molecule has 38 heavy (non-hydrogen) atoms. The summed E-state index contributed by atoms with van der Waals surface area (Å²) >= 11 is 0. The van der Waals surface area contributed by atoms with Crippen molar-refractivity contribution in [3.8, 4) is 5.75 Å². The molecule has 0 spiro atoms. The fourth-order valence-electron chi connectivity index (χ4n) is 3.39. The minimum atomic E-state index is -3.75. The highest BCUT2D eigenvalue weighted by molar-refractivity contribution is 7.53. The number of benzene rings is 2. The number of hydrogen-bond acceptors (Lipinski definition) is 10. The molecule has 12 nitrogen and oxygen atoms in total. The van der Waals surface area contributed by atoms with E-state index in [1.807, 2.05) is 49.4 Å². The molecule has 2 heterocycles. The second-order valence-electron chi connectivity index (χ2n) is 8.34. The summed E-state index contributed by atoms with van der Waals surface area (Å²) in [7, 11) is -3.75. The van der Waals surface area contributed by atoms with Crippen LogP contribution >= 0.6 is 7.60 Å². The third kappa shape index (κ3) is 7.59. The molecule has 0 saturated heterocycles. The van der Waals surface area contributed by atoms with E-state index in [0.29, 0.717) is 11.4 Å². The van der Waals surface area contributed by atoms with Crippen molar-refractivity contribution in [1.82, 2.24) is 19.5 Å². The molecule has 3 N–H and O–H groups in total. The van der Waals surface area contributed by atoms with Crippen LogP contribution in [-0.4, -0.2) is 45.1 Å². The number of anilines is 1. The number of H-pyrrole nitrogens is 1. The van der Waals surface area contributed by atoms with Crippen LogP contribution in [0.15, 0.2) is 65.7 Å². The number of aromatic amines is 1. The van der Waals surface area contributed by atoms with Crippen molar-refractivity contribution in [3.05, 3.63) is 82.4 Å². The fraction of sp³-hybridized carbons (Fsp3) is 0.280. The van der Waals surface area contributed by atoms with Crippen molar-refractivity contribution in [2.75, 3.05) is 25.3 Å². The molecule has 0 fully saturated rings. The maximum Gasteiger partial charge on any atom is 0.356 e. The van der Waals surface area contributed by atoms with Gasteiger partial charge < -0.3 is 28.8 Å². The molecular formula is C25H28N5O7P. The molecule has 2 aromatic heterocycles. The summed E-state index contributed by atoms with van der Waals surface area (Å²) < 4.78 is 37.1. The summed E-state index contributed by atoms with van der Waals surface area (Å²) in [6.07, 6.45) is 0.961. The van der Waals surface area contributed by atoms with Crippen LogP contribution in [0.5, 0.6) is 5.75 Å². The molecule has 200 valence electrons. The number of rotatable bonds is 13. The van der Waals surface area contributed by atoms with Crippen molar-refractivity contribution in [2.24, 2.45) is 0 Å². The maximum atomic E-state index is 13.4. The van der Waals surface area contributed by atoms with Gasteiger partial charge in [-0.1, -0.05) is 48.0 Å². The number of ether oxygens (including phenoxy) is 2. The highest BCUT2D eigenvalue weighted by Gasteiger charge is 2.26. The zero-order valence-corrected chi connectivity index (χ0v) is 21.6. The van der Waals surface area contributed by atoms with Crippen LogP contribution in [0, 0.1) is 6.92 Å². The molecule has 0 saturated carbocycles. The molecule has 4 rings (SSSR count). The minimum absolute atomic E-state index is 0.0294. The topological polar surface area (TPSA) is 161 Å². The fourth-order valence-corrected chi connectivity index (χ4v) is 4.68. The van der Waals surface area contributed by atoms with Gasteiger partial charge in [-0.2, -0.15) is 4.98 Å². The monoisotopic (exact) mass is 541 g/mol. The Kier molecular flexibility index (Phi) is 9.03. The number of nitrogen functional groups attached to an aromatic ring is 1. The highest BCUT2D eigenvalue weighted by Crippen LogP contribution is 2.49.